The smallest absolute Gasteiger partial charge is 0.250 e. The van der Waals surface area contributed by atoms with Gasteiger partial charge in [0.1, 0.15) is 0 Å². The standard InChI is InChI=1S/C18H19IN4O/c1-3-14-11-20-18(23-12-15(19)17(22-23)24-4-2)21-16(14)10-13-8-6-5-7-9-13/h5-9,11-12H,3-4,10H2,1-2H3. The van der Waals surface area contributed by atoms with Crippen molar-refractivity contribution in [3.8, 4) is 11.8 Å². The molecule has 0 amide bonds. The highest BCUT2D eigenvalue weighted by Crippen LogP contribution is 2.20. The Balaban J connectivity index is 1.95. The molecule has 2 heterocycles. The number of nitrogens with zero attached hydrogens (tertiary/aromatic N) is 4. The first-order valence-corrected chi connectivity index (χ1v) is 9.06. The number of hydrogen-bond donors (Lipinski definition) is 0. The molecule has 6 heteroatoms. The van der Waals surface area contributed by atoms with Crippen molar-refractivity contribution in [1.29, 1.82) is 0 Å². The van der Waals surface area contributed by atoms with Gasteiger partial charge in [0.25, 0.3) is 5.95 Å². The number of aromatic nitrogens is 4. The highest BCUT2D eigenvalue weighted by Gasteiger charge is 2.13. The van der Waals surface area contributed by atoms with Gasteiger partial charge in [-0.25, -0.2) is 14.6 Å². The van der Waals surface area contributed by atoms with Crippen molar-refractivity contribution < 1.29 is 4.74 Å². The third kappa shape index (κ3) is 3.75. The fraction of sp³-hybridized carbons (Fsp3) is 0.278. The lowest BCUT2D eigenvalue weighted by Gasteiger charge is -2.09. The van der Waals surface area contributed by atoms with Gasteiger partial charge in [0, 0.05) is 12.6 Å². The molecule has 0 fully saturated rings. The predicted octanol–water partition coefficient (Wildman–Crippen LogP) is 3.82. The Bertz CT molecular complexity index is 817. The SMILES string of the molecule is CCOc1nn(-c2ncc(CC)c(Cc3ccccc3)n2)cc1I. The number of aryl methyl sites for hydroxylation is 1. The summed E-state index contributed by atoms with van der Waals surface area (Å²) in [5, 5.41) is 4.44. The quantitative estimate of drug-likeness (QED) is 0.554. The van der Waals surface area contributed by atoms with E-state index in [1.807, 2.05) is 37.5 Å². The molecule has 0 saturated heterocycles. The topological polar surface area (TPSA) is 52.8 Å². The minimum absolute atomic E-state index is 0.571. The molecule has 0 radical (unpaired) electrons. The average Bonchev–Trinajstić information content (AvgIpc) is 2.97. The van der Waals surface area contributed by atoms with Crippen LogP contribution in [0.5, 0.6) is 5.88 Å². The second-order valence-electron chi connectivity index (χ2n) is 5.32. The average molecular weight is 434 g/mol. The maximum atomic E-state index is 5.51. The molecule has 5 nitrogen and oxygen atoms in total. The third-order valence-corrected chi connectivity index (χ3v) is 4.40. The van der Waals surface area contributed by atoms with E-state index >= 15 is 0 Å². The van der Waals surface area contributed by atoms with Gasteiger partial charge in [-0.15, -0.1) is 5.10 Å². The molecule has 0 saturated carbocycles. The summed E-state index contributed by atoms with van der Waals surface area (Å²) in [5.41, 5.74) is 3.44. The Hall–Kier alpha value is -1.96. The van der Waals surface area contributed by atoms with E-state index in [-0.39, 0.29) is 0 Å². The Kier molecular flexibility index (Phi) is 5.44. The summed E-state index contributed by atoms with van der Waals surface area (Å²) in [4.78, 5) is 9.22. The molecule has 0 spiro atoms. The zero-order valence-electron chi connectivity index (χ0n) is 13.7. The van der Waals surface area contributed by atoms with E-state index in [1.165, 1.54) is 5.56 Å². The molecule has 0 N–H and O–H groups in total. The zero-order valence-corrected chi connectivity index (χ0v) is 15.9. The van der Waals surface area contributed by atoms with Crippen LogP contribution in [0, 0.1) is 3.57 Å². The van der Waals surface area contributed by atoms with E-state index in [2.05, 4.69) is 51.7 Å². The van der Waals surface area contributed by atoms with E-state index in [9.17, 15) is 0 Å². The maximum Gasteiger partial charge on any atom is 0.250 e. The van der Waals surface area contributed by atoms with Gasteiger partial charge >= 0.3 is 0 Å². The first-order valence-electron chi connectivity index (χ1n) is 7.98. The molecule has 3 aromatic rings. The molecule has 24 heavy (non-hydrogen) atoms. The van der Waals surface area contributed by atoms with Crippen molar-refractivity contribution in [1.82, 2.24) is 19.7 Å². The molecule has 0 aliphatic rings. The van der Waals surface area contributed by atoms with Crippen molar-refractivity contribution >= 4 is 22.6 Å². The van der Waals surface area contributed by atoms with E-state index < -0.39 is 0 Å². The lowest BCUT2D eigenvalue weighted by Crippen LogP contribution is -2.08. The van der Waals surface area contributed by atoms with Gasteiger partial charge in [-0.1, -0.05) is 37.3 Å². The van der Waals surface area contributed by atoms with Gasteiger partial charge in [-0.2, -0.15) is 0 Å². The van der Waals surface area contributed by atoms with Crippen LogP contribution < -0.4 is 4.74 Å². The maximum absolute atomic E-state index is 5.51. The minimum atomic E-state index is 0.571. The van der Waals surface area contributed by atoms with Crippen LogP contribution in [0.25, 0.3) is 5.95 Å². The molecule has 0 aliphatic carbocycles. The molecule has 124 valence electrons. The molecule has 1 aromatic carbocycles. The fourth-order valence-electron chi connectivity index (χ4n) is 2.45. The van der Waals surface area contributed by atoms with E-state index in [0.717, 1.165) is 27.7 Å². The monoisotopic (exact) mass is 434 g/mol. The summed E-state index contributed by atoms with van der Waals surface area (Å²) in [7, 11) is 0. The van der Waals surface area contributed by atoms with Crippen molar-refractivity contribution in [3.05, 3.63) is 63.1 Å². The number of rotatable bonds is 6. The van der Waals surface area contributed by atoms with E-state index in [4.69, 9.17) is 9.72 Å². The molecule has 0 aliphatic heterocycles. The molecule has 0 unspecified atom stereocenters. The highest BCUT2D eigenvalue weighted by atomic mass is 127. The zero-order chi connectivity index (χ0) is 16.9. The molecule has 0 atom stereocenters. The van der Waals surface area contributed by atoms with E-state index in [1.54, 1.807) is 4.68 Å². The lowest BCUT2D eigenvalue weighted by atomic mass is 10.1. The Morgan fingerprint density at radius 1 is 1.17 bits per heavy atom. The molecular weight excluding hydrogens is 415 g/mol. The van der Waals surface area contributed by atoms with Crippen molar-refractivity contribution in [2.45, 2.75) is 26.7 Å². The number of hydrogen-bond acceptors (Lipinski definition) is 4. The number of ether oxygens (including phenoxy) is 1. The van der Waals surface area contributed by atoms with Crippen molar-refractivity contribution in [2.75, 3.05) is 6.61 Å². The van der Waals surface area contributed by atoms with Crippen LogP contribution in [0.1, 0.15) is 30.7 Å². The number of benzene rings is 1. The van der Waals surface area contributed by atoms with Crippen LogP contribution >= 0.6 is 22.6 Å². The van der Waals surface area contributed by atoms with Crippen LogP contribution in [0.15, 0.2) is 42.7 Å². The first kappa shape index (κ1) is 16.9. The second-order valence-corrected chi connectivity index (χ2v) is 6.48. The Morgan fingerprint density at radius 3 is 2.67 bits per heavy atom. The van der Waals surface area contributed by atoms with E-state index in [0.29, 0.717) is 18.4 Å². The van der Waals surface area contributed by atoms with Gasteiger partial charge < -0.3 is 4.74 Å². The summed E-state index contributed by atoms with van der Waals surface area (Å²) < 4.78 is 8.14. The number of halogens is 1. The minimum Gasteiger partial charge on any atom is -0.476 e. The van der Waals surface area contributed by atoms with Gasteiger partial charge in [0.2, 0.25) is 5.88 Å². The highest BCUT2D eigenvalue weighted by molar-refractivity contribution is 14.1. The summed E-state index contributed by atoms with van der Waals surface area (Å²) in [5.74, 6) is 1.19. The normalized spacial score (nSPS) is 10.8. The molecule has 0 bridgehead atoms. The predicted molar refractivity (Wildman–Crippen MR) is 102 cm³/mol. The fourth-order valence-corrected chi connectivity index (χ4v) is 2.98. The summed E-state index contributed by atoms with van der Waals surface area (Å²) in [6, 6.07) is 10.4. The van der Waals surface area contributed by atoms with Crippen molar-refractivity contribution in [3.63, 3.8) is 0 Å². The van der Waals surface area contributed by atoms with Gasteiger partial charge in [0.05, 0.1) is 22.1 Å². The molecule has 3 rings (SSSR count). The largest absolute Gasteiger partial charge is 0.476 e. The van der Waals surface area contributed by atoms with Crippen LogP contribution in [0.4, 0.5) is 0 Å². The van der Waals surface area contributed by atoms with Crippen LogP contribution in [0.2, 0.25) is 0 Å². The van der Waals surface area contributed by atoms with Crippen LogP contribution in [-0.2, 0) is 12.8 Å². The molecule has 2 aromatic heterocycles. The summed E-state index contributed by atoms with van der Waals surface area (Å²) in [6.45, 7) is 4.65. The third-order valence-electron chi connectivity index (χ3n) is 3.66. The van der Waals surface area contributed by atoms with Crippen LogP contribution in [-0.4, -0.2) is 26.4 Å². The first-order chi connectivity index (χ1) is 11.7. The second kappa shape index (κ2) is 7.74. The van der Waals surface area contributed by atoms with Gasteiger partial charge in [0.15, 0.2) is 0 Å². The van der Waals surface area contributed by atoms with Gasteiger partial charge in [-0.05, 0) is 47.1 Å². The van der Waals surface area contributed by atoms with Crippen LogP contribution in [0.3, 0.4) is 0 Å². The van der Waals surface area contributed by atoms with Crippen molar-refractivity contribution in [2.24, 2.45) is 0 Å². The Morgan fingerprint density at radius 2 is 1.96 bits per heavy atom. The van der Waals surface area contributed by atoms with Gasteiger partial charge in [-0.3, -0.25) is 0 Å². The Labute approximate surface area is 155 Å². The lowest BCUT2D eigenvalue weighted by molar-refractivity contribution is 0.322. The molecular formula is C18H19IN4O. The summed E-state index contributed by atoms with van der Waals surface area (Å²) in [6.07, 6.45) is 5.48. The summed E-state index contributed by atoms with van der Waals surface area (Å²) >= 11 is 2.21.